The molecule has 2 fully saturated rings. The van der Waals surface area contributed by atoms with E-state index in [1.807, 2.05) is 0 Å². The van der Waals surface area contributed by atoms with Crippen LogP contribution in [0.2, 0.25) is 0 Å². The molecule has 0 bridgehead atoms. The Morgan fingerprint density at radius 1 is 1.40 bits per heavy atom. The molecule has 8 heteroatoms. The number of carboxylic acids is 1. The van der Waals surface area contributed by atoms with Crippen LogP contribution in [0.1, 0.15) is 19.3 Å². The number of likely N-dealkylation sites (tertiary alicyclic amines) is 2. The molecular weight excluding hydrogens is 324 g/mol. The second-order valence-corrected chi connectivity index (χ2v) is 6.62. The summed E-state index contributed by atoms with van der Waals surface area (Å²) in [5.74, 6) is -1.36. The predicted molar refractivity (Wildman–Crippen MR) is 88.5 cm³/mol. The van der Waals surface area contributed by atoms with Crippen molar-refractivity contribution in [2.45, 2.75) is 24.8 Å². The Kier molecular flexibility index (Phi) is 4.61. The fourth-order valence-electron chi connectivity index (χ4n) is 3.72. The van der Waals surface area contributed by atoms with Gasteiger partial charge in [-0.3, -0.25) is 9.59 Å². The van der Waals surface area contributed by atoms with Crippen LogP contribution in [0.5, 0.6) is 0 Å². The molecule has 1 N–H and O–H groups in total. The van der Waals surface area contributed by atoms with Crippen LogP contribution in [0, 0.1) is 5.92 Å². The second kappa shape index (κ2) is 6.70. The molecule has 0 saturated carbocycles. The number of rotatable bonds is 5. The van der Waals surface area contributed by atoms with Crippen molar-refractivity contribution in [3.8, 4) is 0 Å². The van der Waals surface area contributed by atoms with Gasteiger partial charge in [0.15, 0.2) is 0 Å². The van der Waals surface area contributed by atoms with E-state index in [0.29, 0.717) is 39.0 Å². The van der Waals surface area contributed by atoms with Crippen molar-refractivity contribution in [2.75, 3.05) is 26.2 Å². The average Bonchev–Trinajstić information content (AvgIpc) is 3.25. The van der Waals surface area contributed by atoms with E-state index in [9.17, 15) is 19.5 Å². The molecule has 3 heterocycles. The number of nitrogens with zero attached hydrogens (tertiary/aromatic N) is 4. The molecule has 25 heavy (non-hydrogen) atoms. The largest absolute Gasteiger partial charge is 0.479 e. The van der Waals surface area contributed by atoms with Crippen molar-refractivity contribution in [2.24, 2.45) is 5.92 Å². The number of imidazole rings is 1. The van der Waals surface area contributed by atoms with Crippen molar-refractivity contribution in [3.63, 3.8) is 0 Å². The number of aromatic nitrogens is 2. The summed E-state index contributed by atoms with van der Waals surface area (Å²) < 4.78 is 1.61. The molecule has 2 aliphatic rings. The SMILES string of the molecule is C=CCN1CC(C(=O)N2CCC(C(=O)O)(n3ccnc3)CC2)CC1=O. The predicted octanol–water partition coefficient (Wildman–Crippen LogP) is 0.320. The first-order valence-corrected chi connectivity index (χ1v) is 8.37. The molecule has 1 atom stereocenters. The number of carbonyl (C=O) groups excluding carboxylic acids is 2. The zero-order valence-corrected chi connectivity index (χ0v) is 14.0. The lowest BCUT2D eigenvalue weighted by Gasteiger charge is -2.40. The summed E-state index contributed by atoms with van der Waals surface area (Å²) in [4.78, 5) is 43.8. The Morgan fingerprint density at radius 2 is 2.12 bits per heavy atom. The third kappa shape index (κ3) is 3.04. The van der Waals surface area contributed by atoms with Gasteiger partial charge in [0.2, 0.25) is 11.8 Å². The van der Waals surface area contributed by atoms with Gasteiger partial charge >= 0.3 is 5.97 Å². The topological polar surface area (TPSA) is 95.7 Å². The first-order chi connectivity index (χ1) is 12.0. The molecule has 1 aromatic rings. The van der Waals surface area contributed by atoms with Gasteiger partial charge in [-0.25, -0.2) is 9.78 Å². The van der Waals surface area contributed by atoms with Gasteiger partial charge in [0.25, 0.3) is 0 Å². The zero-order chi connectivity index (χ0) is 18.0. The first kappa shape index (κ1) is 17.2. The smallest absolute Gasteiger partial charge is 0.330 e. The van der Waals surface area contributed by atoms with Gasteiger partial charge in [-0.1, -0.05) is 6.08 Å². The molecule has 0 spiro atoms. The van der Waals surface area contributed by atoms with Gasteiger partial charge in [-0.05, 0) is 12.8 Å². The average molecular weight is 346 g/mol. The number of amides is 2. The lowest BCUT2D eigenvalue weighted by Crippen LogP contribution is -2.53. The standard InChI is InChI=1S/C17H22N4O4/c1-2-6-20-11-13(10-14(20)22)15(23)19-7-3-17(4-8-19,16(24)25)21-9-5-18-12-21/h2,5,9,12-13H,1,3-4,6-8,10-11H2,(H,24,25). The molecule has 0 aromatic carbocycles. The Bertz CT molecular complexity index is 677. The highest BCUT2D eigenvalue weighted by Gasteiger charge is 2.45. The van der Waals surface area contributed by atoms with Gasteiger partial charge in [-0.15, -0.1) is 6.58 Å². The number of aliphatic carboxylic acids is 1. The molecule has 0 radical (unpaired) electrons. The van der Waals surface area contributed by atoms with E-state index < -0.39 is 11.5 Å². The number of hydrogen-bond donors (Lipinski definition) is 1. The molecule has 8 nitrogen and oxygen atoms in total. The van der Waals surface area contributed by atoms with Crippen LogP contribution in [0.15, 0.2) is 31.4 Å². The minimum Gasteiger partial charge on any atom is -0.479 e. The summed E-state index contributed by atoms with van der Waals surface area (Å²) in [7, 11) is 0. The van der Waals surface area contributed by atoms with Crippen molar-refractivity contribution in [1.82, 2.24) is 19.4 Å². The van der Waals surface area contributed by atoms with Crippen LogP contribution in [0.4, 0.5) is 0 Å². The van der Waals surface area contributed by atoms with Crippen molar-refractivity contribution < 1.29 is 19.5 Å². The van der Waals surface area contributed by atoms with E-state index in [1.165, 1.54) is 6.33 Å². The Balaban J connectivity index is 1.66. The number of hydrogen-bond acceptors (Lipinski definition) is 4. The monoisotopic (exact) mass is 346 g/mol. The summed E-state index contributed by atoms with van der Waals surface area (Å²) >= 11 is 0. The van der Waals surface area contributed by atoms with Crippen LogP contribution in [-0.2, 0) is 19.9 Å². The van der Waals surface area contributed by atoms with Crippen LogP contribution in [0.25, 0.3) is 0 Å². The number of carboxylic acid groups (broad SMARTS) is 1. The minimum atomic E-state index is -1.06. The molecule has 1 unspecified atom stereocenters. The van der Waals surface area contributed by atoms with E-state index in [0.717, 1.165) is 0 Å². The van der Waals surface area contributed by atoms with Gasteiger partial charge in [0.1, 0.15) is 5.54 Å². The zero-order valence-electron chi connectivity index (χ0n) is 14.0. The van der Waals surface area contributed by atoms with Gasteiger partial charge in [-0.2, -0.15) is 0 Å². The molecule has 0 aliphatic carbocycles. The Hall–Kier alpha value is -2.64. The molecular formula is C17H22N4O4. The number of piperidine rings is 1. The highest BCUT2D eigenvalue weighted by Crippen LogP contribution is 2.32. The Morgan fingerprint density at radius 3 is 2.68 bits per heavy atom. The van der Waals surface area contributed by atoms with Crippen LogP contribution in [-0.4, -0.2) is 68.4 Å². The van der Waals surface area contributed by atoms with E-state index in [4.69, 9.17) is 0 Å². The van der Waals surface area contributed by atoms with Crippen molar-refractivity contribution >= 4 is 17.8 Å². The lowest BCUT2D eigenvalue weighted by atomic mass is 9.86. The Labute approximate surface area is 145 Å². The minimum absolute atomic E-state index is 0.0337. The first-order valence-electron chi connectivity index (χ1n) is 8.37. The van der Waals surface area contributed by atoms with E-state index in [1.54, 1.807) is 32.8 Å². The third-order valence-corrected chi connectivity index (χ3v) is 5.21. The molecule has 3 rings (SSSR count). The van der Waals surface area contributed by atoms with Crippen LogP contribution >= 0.6 is 0 Å². The maximum atomic E-state index is 12.7. The maximum absolute atomic E-state index is 12.7. The summed E-state index contributed by atoms with van der Waals surface area (Å²) in [6, 6.07) is 0. The lowest BCUT2D eigenvalue weighted by molar-refractivity contribution is -0.153. The third-order valence-electron chi connectivity index (χ3n) is 5.21. The molecule has 2 saturated heterocycles. The molecule has 2 amide bonds. The van der Waals surface area contributed by atoms with Gasteiger partial charge in [0.05, 0.1) is 12.2 Å². The quantitative estimate of drug-likeness (QED) is 0.775. The van der Waals surface area contributed by atoms with E-state index >= 15 is 0 Å². The molecule has 134 valence electrons. The van der Waals surface area contributed by atoms with E-state index in [-0.39, 0.29) is 24.2 Å². The summed E-state index contributed by atoms with van der Waals surface area (Å²) in [5, 5.41) is 9.71. The highest BCUT2D eigenvalue weighted by atomic mass is 16.4. The van der Waals surface area contributed by atoms with Crippen molar-refractivity contribution in [3.05, 3.63) is 31.4 Å². The summed E-state index contributed by atoms with van der Waals surface area (Å²) in [6.45, 7) is 5.19. The van der Waals surface area contributed by atoms with E-state index in [2.05, 4.69) is 11.6 Å². The fraction of sp³-hybridized carbons (Fsp3) is 0.529. The van der Waals surface area contributed by atoms with Crippen LogP contribution in [0.3, 0.4) is 0 Å². The second-order valence-electron chi connectivity index (χ2n) is 6.62. The maximum Gasteiger partial charge on any atom is 0.330 e. The normalized spacial score (nSPS) is 22.9. The number of carbonyl (C=O) groups is 3. The summed E-state index contributed by atoms with van der Waals surface area (Å²) in [6.07, 6.45) is 7.22. The fourth-order valence-corrected chi connectivity index (χ4v) is 3.72. The van der Waals surface area contributed by atoms with Gasteiger partial charge < -0.3 is 19.5 Å². The highest BCUT2D eigenvalue weighted by molar-refractivity contribution is 5.89. The summed E-state index contributed by atoms with van der Waals surface area (Å²) in [5.41, 5.74) is -1.06. The molecule has 1 aromatic heterocycles. The molecule has 2 aliphatic heterocycles. The van der Waals surface area contributed by atoms with Crippen molar-refractivity contribution in [1.29, 1.82) is 0 Å². The van der Waals surface area contributed by atoms with Gasteiger partial charge in [0, 0.05) is 45.0 Å². The van der Waals surface area contributed by atoms with Crippen LogP contribution < -0.4 is 0 Å².